The first-order chi connectivity index (χ1) is 10.6. The van der Waals surface area contributed by atoms with E-state index in [-0.39, 0.29) is 6.61 Å². The molecule has 0 saturated heterocycles. The van der Waals surface area contributed by atoms with Gasteiger partial charge < -0.3 is 5.32 Å². The Morgan fingerprint density at radius 1 is 1.14 bits per heavy atom. The summed E-state index contributed by atoms with van der Waals surface area (Å²) in [6.45, 7) is 1.89. The molecule has 4 nitrogen and oxygen atoms in total. The van der Waals surface area contributed by atoms with E-state index in [1.165, 1.54) is 6.07 Å². The first kappa shape index (κ1) is 15.9. The van der Waals surface area contributed by atoms with Gasteiger partial charge in [-0.3, -0.25) is 4.84 Å². The third kappa shape index (κ3) is 4.53. The molecular weight excluding hydrogens is 290 g/mol. The summed E-state index contributed by atoms with van der Waals surface area (Å²) in [6.07, 6.45) is 0. The van der Waals surface area contributed by atoms with E-state index in [9.17, 15) is 13.6 Å². The van der Waals surface area contributed by atoms with Crippen LogP contribution in [0.4, 0.5) is 13.6 Å². The maximum absolute atomic E-state index is 13.1. The molecule has 2 aromatic carbocycles. The van der Waals surface area contributed by atoms with Crippen molar-refractivity contribution in [1.29, 1.82) is 0 Å². The van der Waals surface area contributed by atoms with Crippen LogP contribution in [0.2, 0.25) is 0 Å². The van der Waals surface area contributed by atoms with Crippen molar-refractivity contribution in [2.24, 2.45) is 0 Å². The fourth-order valence-corrected chi connectivity index (χ4v) is 1.85. The molecule has 2 N–H and O–H groups in total. The topological polar surface area (TPSA) is 50.4 Å². The summed E-state index contributed by atoms with van der Waals surface area (Å²) in [5.74, 6) is -1.88. The van der Waals surface area contributed by atoms with Gasteiger partial charge in [0, 0.05) is 0 Å². The lowest BCUT2D eigenvalue weighted by molar-refractivity contribution is 0.0483. The molecule has 0 fully saturated rings. The summed E-state index contributed by atoms with van der Waals surface area (Å²) in [5.41, 5.74) is 3.61. The van der Waals surface area contributed by atoms with Crippen LogP contribution in [0, 0.1) is 11.6 Å². The van der Waals surface area contributed by atoms with Crippen molar-refractivity contribution in [2.75, 3.05) is 0 Å². The van der Waals surface area contributed by atoms with Crippen LogP contribution in [-0.4, -0.2) is 6.03 Å². The van der Waals surface area contributed by atoms with Gasteiger partial charge in [-0.05, 0) is 30.2 Å². The molecule has 116 valence electrons. The highest BCUT2D eigenvalue weighted by Gasteiger charge is 2.12. The standard InChI is InChI=1S/C16H16F2N2O2/c1-11(13-7-8-14(17)15(18)9-13)19-16(21)20-22-10-12-5-3-2-4-6-12/h2-9,11H,10H2,1H3,(H2,19,20,21). The molecule has 0 aliphatic carbocycles. The summed E-state index contributed by atoms with van der Waals surface area (Å²) in [6, 6.07) is 11.8. The third-order valence-corrected chi connectivity index (χ3v) is 3.04. The Morgan fingerprint density at radius 3 is 2.55 bits per heavy atom. The molecule has 2 aromatic rings. The van der Waals surface area contributed by atoms with Crippen LogP contribution in [0.15, 0.2) is 48.5 Å². The molecule has 0 radical (unpaired) electrons. The minimum Gasteiger partial charge on any atom is -0.330 e. The minimum atomic E-state index is -0.952. The van der Waals surface area contributed by atoms with Crippen molar-refractivity contribution < 1.29 is 18.4 Å². The number of benzene rings is 2. The molecule has 0 aliphatic rings. The molecule has 0 spiro atoms. The Morgan fingerprint density at radius 2 is 1.86 bits per heavy atom. The average Bonchev–Trinajstić information content (AvgIpc) is 2.51. The van der Waals surface area contributed by atoms with Crippen LogP contribution in [0.25, 0.3) is 0 Å². The number of hydrogen-bond acceptors (Lipinski definition) is 2. The maximum atomic E-state index is 13.1. The van der Waals surface area contributed by atoms with Gasteiger partial charge in [0.1, 0.15) is 0 Å². The van der Waals surface area contributed by atoms with Gasteiger partial charge in [0.05, 0.1) is 12.6 Å². The molecule has 1 atom stereocenters. The van der Waals surface area contributed by atoms with Crippen molar-refractivity contribution in [3.63, 3.8) is 0 Å². The SMILES string of the molecule is CC(NC(=O)NOCc1ccccc1)c1ccc(F)c(F)c1. The summed E-state index contributed by atoms with van der Waals surface area (Å²) in [5, 5.41) is 2.56. The van der Waals surface area contributed by atoms with Crippen LogP contribution in [-0.2, 0) is 11.4 Å². The van der Waals surface area contributed by atoms with E-state index in [4.69, 9.17) is 4.84 Å². The van der Waals surface area contributed by atoms with Crippen molar-refractivity contribution in [2.45, 2.75) is 19.6 Å². The van der Waals surface area contributed by atoms with E-state index in [1.54, 1.807) is 6.92 Å². The summed E-state index contributed by atoms with van der Waals surface area (Å²) < 4.78 is 26.0. The van der Waals surface area contributed by atoms with E-state index in [1.807, 2.05) is 30.3 Å². The van der Waals surface area contributed by atoms with Crippen LogP contribution >= 0.6 is 0 Å². The van der Waals surface area contributed by atoms with Crippen LogP contribution in [0.5, 0.6) is 0 Å². The van der Waals surface area contributed by atoms with Crippen LogP contribution in [0.3, 0.4) is 0 Å². The number of urea groups is 1. The fourth-order valence-electron chi connectivity index (χ4n) is 1.85. The lowest BCUT2D eigenvalue weighted by atomic mass is 10.1. The summed E-state index contributed by atoms with van der Waals surface area (Å²) >= 11 is 0. The average molecular weight is 306 g/mol. The predicted octanol–water partition coefficient (Wildman–Crippen LogP) is 3.46. The first-order valence-corrected chi connectivity index (χ1v) is 6.73. The van der Waals surface area contributed by atoms with E-state index in [0.717, 1.165) is 17.7 Å². The number of carbonyl (C=O) groups is 1. The zero-order valence-electron chi connectivity index (χ0n) is 12.0. The van der Waals surface area contributed by atoms with Crippen molar-refractivity contribution in [3.8, 4) is 0 Å². The largest absolute Gasteiger partial charge is 0.339 e. The molecule has 0 aromatic heterocycles. The zero-order chi connectivity index (χ0) is 15.9. The molecule has 0 bridgehead atoms. The Labute approximate surface area is 127 Å². The Hall–Kier alpha value is -2.47. The van der Waals surface area contributed by atoms with Gasteiger partial charge in [-0.2, -0.15) is 0 Å². The van der Waals surface area contributed by atoms with Crippen molar-refractivity contribution >= 4 is 6.03 Å². The molecule has 2 rings (SSSR count). The van der Waals surface area contributed by atoms with E-state index in [0.29, 0.717) is 5.56 Å². The highest BCUT2D eigenvalue weighted by atomic mass is 19.2. The molecular formula is C16H16F2N2O2. The van der Waals surface area contributed by atoms with Crippen LogP contribution in [0.1, 0.15) is 24.1 Å². The molecule has 0 aliphatic heterocycles. The van der Waals surface area contributed by atoms with E-state index in [2.05, 4.69) is 10.8 Å². The smallest absolute Gasteiger partial charge is 0.330 e. The van der Waals surface area contributed by atoms with Gasteiger partial charge in [0.2, 0.25) is 0 Å². The van der Waals surface area contributed by atoms with E-state index >= 15 is 0 Å². The first-order valence-electron chi connectivity index (χ1n) is 6.73. The second-order valence-corrected chi connectivity index (χ2v) is 4.75. The number of carbonyl (C=O) groups excluding carboxylic acids is 1. The molecule has 22 heavy (non-hydrogen) atoms. The third-order valence-electron chi connectivity index (χ3n) is 3.04. The van der Waals surface area contributed by atoms with Gasteiger partial charge in [-0.1, -0.05) is 36.4 Å². The number of nitrogens with one attached hydrogen (secondary N) is 2. The normalized spacial score (nSPS) is 11.8. The lowest BCUT2D eigenvalue weighted by Gasteiger charge is -2.15. The second-order valence-electron chi connectivity index (χ2n) is 4.75. The number of hydrogen-bond donors (Lipinski definition) is 2. The minimum absolute atomic E-state index is 0.230. The summed E-state index contributed by atoms with van der Waals surface area (Å²) in [4.78, 5) is 16.7. The van der Waals surface area contributed by atoms with Gasteiger partial charge in [-0.25, -0.2) is 19.1 Å². The highest BCUT2D eigenvalue weighted by Crippen LogP contribution is 2.15. The number of rotatable bonds is 5. The van der Waals surface area contributed by atoms with Gasteiger partial charge in [0.25, 0.3) is 0 Å². The zero-order valence-corrected chi connectivity index (χ0v) is 12.0. The highest BCUT2D eigenvalue weighted by molar-refractivity contribution is 5.73. The number of halogens is 2. The van der Waals surface area contributed by atoms with Crippen molar-refractivity contribution in [3.05, 3.63) is 71.3 Å². The number of hydroxylamine groups is 1. The van der Waals surface area contributed by atoms with Gasteiger partial charge in [0.15, 0.2) is 11.6 Å². The van der Waals surface area contributed by atoms with Crippen molar-refractivity contribution in [1.82, 2.24) is 10.8 Å². The lowest BCUT2D eigenvalue weighted by Crippen LogP contribution is -2.37. The van der Waals surface area contributed by atoms with Gasteiger partial charge in [-0.15, -0.1) is 0 Å². The monoisotopic (exact) mass is 306 g/mol. The molecule has 1 unspecified atom stereocenters. The summed E-state index contributed by atoms with van der Waals surface area (Å²) in [7, 11) is 0. The predicted molar refractivity (Wildman–Crippen MR) is 77.7 cm³/mol. The van der Waals surface area contributed by atoms with Gasteiger partial charge >= 0.3 is 6.03 Å². The number of amides is 2. The molecule has 2 amide bonds. The molecule has 0 saturated carbocycles. The Bertz CT molecular complexity index is 635. The molecule has 6 heteroatoms. The fraction of sp³-hybridized carbons (Fsp3) is 0.188. The Balaban J connectivity index is 1.80. The van der Waals surface area contributed by atoms with Crippen LogP contribution < -0.4 is 10.8 Å². The maximum Gasteiger partial charge on any atom is 0.339 e. The second kappa shape index (κ2) is 7.51. The molecule has 0 heterocycles. The quantitative estimate of drug-likeness (QED) is 0.831. The Kier molecular flexibility index (Phi) is 5.43. The van der Waals surface area contributed by atoms with E-state index < -0.39 is 23.7 Å².